The Morgan fingerprint density at radius 2 is 1.80 bits per heavy atom. The number of rotatable bonds is 3. The van der Waals surface area contributed by atoms with Crippen LogP contribution >= 0.6 is 0 Å². The summed E-state index contributed by atoms with van der Waals surface area (Å²) in [6.07, 6.45) is 9.44. The summed E-state index contributed by atoms with van der Waals surface area (Å²) in [5, 5.41) is 11.9. The van der Waals surface area contributed by atoms with E-state index in [4.69, 9.17) is 0 Å². The number of piperidine rings is 1. The van der Waals surface area contributed by atoms with E-state index in [9.17, 15) is 14.4 Å². The number of amides is 4. The van der Waals surface area contributed by atoms with Gasteiger partial charge in [-0.15, -0.1) is 10.2 Å². The molecule has 1 saturated carbocycles. The van der Waals surface area contributed by atoms with Crippen molar-refractivity contribution in [2.75, 3.05) is 19.6 Å². The molecule has 1 aliphatic carbocycles. The van der Waals surface area contributed by atoms with Gasteiger partial charge in [0.05, 0.1) is 0 Å². The van der Waals surface area contributed by atoms with Gasteiger partial charge < -0.3 is 14.8 Å². The second kappa shape index (κ2) is 9.21. The van der Waals surface area contributed by atoms with Gasteiger partial charge in [-0.2, -0.15) is 0 Å². The lowest BCUT2D eigenvalue weighted by Gasteiger charge is -2.40. The lowest BCUT2D eigenvalue weighted by atomic mass is 9.67. The SMILES string of the molecule is CC(C)(C)C1CCC2(CC1)NC(=O)N(CC(=O)N1CCC[C@H](c3nnc4n3CCCCC4)C1)C2=O. The molecule has 1 spiro atoms. The molecular weight excluding hydrogens is 444 g/mol. The molecule has 4 heterocycles. The molecule has 0 bridgehead atoms. The molecule has 2 saturated heterocycles. The molecule has 3 aliphatic heterocycles. The number of likely N-dealkylation sites (tertiary alicyclic amines) is 1. The van der Waals surface area contributed by atoms with Crippen molar-refractivity contribution in [1.29, 1.82) is 0 Å². The zero-order chi connectivity index (χ0) is 24.8. The van der Waals surface area contributed by atoms with E-state index in [0.29, 0.717) is 31.8 Å². The number of aromatic nitrogens is 3. The third-order valence-corrected chi connectivity index (χ3v) is 8.88. The van der Waals surface area contributed by atoms with Crippen LogP contribution in [-0.4, -0.2) is 67.6 Å². The fourth-order valence-corrected chi connectivity index (χ4v) is 6.59. The molecule has 9 heteroatoms. The van der Waals surface area contributed by atoms with Crippen molar-refractivity contribution in [2.45, 2.75) is 103 Å². The van der Waals surface area contributed by atoms with E-state index in [1.54, 1.807) is 0 Å². The van der Waals surface area contributed by atoms with Crippen molar-refractivity contribution in [3.63, 3.8) is 0 Å². The Bertz CT molecular complexity index is 988. The third-order valence-electron chi connectivity index (χ3n) is 8.88. The highest BCUT2D eigenvalue weighted by Gasteiger charge is 2.53. The number of carbonyl (C=O) groups is 3. The molecule has 1 aromatic heterocycles. The summed E-state index contributed by atoms with van der Waals surface area (Å²) in [5.41, 5.74) is -0.640. The van der Waals surface area contributed by atoms with Gasteiger partial charge in [0.15, 0.2) is 0 Å². The number of carbonyl (C=O) groups excluding carboxylic acids is 3. The van der Waals surface area contributed by atoms with Crippen LogP contribution < -0.4 is 5.32 Å². The largest absolute Gasteiger partial charge is 0.340 e. The molecule has 1 aromatic rings. The number of urea groups is 1. The first kappa shape index (κ1) is 24.3. The summed E-state index contributed by atoms with van der Waals surface area (Å²) in [5.74, 6) is 2.35. The van der Waals surface area contributed by atoms with Crippen LogP contribution in [0.1, 0.15) is 96.1 Å². The van der Waals surface area contributed by atoms with Crippen molar-refractivity contribution in [1.82, 2.24) is 29.9 Å². The van der Waals surface area contributed by atoms with E-state index in [-0.39, 0.29) is 29.7 Å². The fraction of sp³-hybridized carbons (Fsp3) is 0.808. The summed E-state index contributed by atoms with van der Waals surface area (Å²) in [6.45, 7) is 8.69. The van der Waals surface area contributed by atoms with Crippen LogP contribution in [0.5, 0.6) is 0 Å². The maximum Gasteiger partial charge on any atom is 0.325 e. The standard InChI is InChI=1S/C26H40N6O3/c1-25(2,3)19-10-12-26(13-11-19)23(34)32(24(35)27-26)17-21(33)30-14-7-8-18(16-30)22-29-28-20-9-5-4-6-15-31(20)22/h18-19H,4-17H2,1-3H3,(H,27,35)/t18-,19?,26?/m0/s1. The first-order chi connectivity index (χ1) is 16.7. The Balaban J connectivity index is 1.23. The van der Waals surface area contributed by atoms with E-state index < -0.39 is 11.6 Å². The van der Waals surface area contributed by atoms with Gasteiger partial charge in [-0.3, -0.25) is 14.5 Å². The van der Waals surface area contributed by atoms with Crippen LogP contribution in [0.2, 0.25) is 0 Å². The topological polar surface area (TPSA) is 100 Å². The monoisotopic (exact) mass is 484 g/mol. The average Bonchev–Trinajstić information content (AvgIpc) is 3.21. The number of aryl methyl sites for hydroxylation is 1. The minimum Gasteiger partial charge on any atom is -0.340 e. The molecule has 9 nitrogen and oxygen atoms in total. The van der Waals surface area contributed by atoms with E-state index in [2.05, 4.69) is 40.9 Å². The molecule has 5 rings (SSSR count). The predicted octanol–water partition coefficient (Wildman–Crippen LogP) is 3.24. The summed E-state index contributed by atoms with van der Waals surface area (Å²) in [4.78, 5) is 42.4. The second-order valence-corrected chi connectivity index (χ2v) is 12.2. The van der Waals surface area contributed by atoms with Crippen LogP contribution in [0.4, 0.5) is 4.79 Å². The Kier molecular flexibility index (Phi) is 6.38. The molecule has 35 heavy (non-hydrogen) atoms. The number of nitrogens with zero attached hydrogens (tertiary/aromatic N) is 5. The third kappa shape index (κ3) is 4.58. The molecule has 1 atom stereocenters. The van der Waals surface area contributed by atoms with E-state index in [1.807, 2.05) is 4.90 Å². The molecule has 0 unspecified atom stereocenters. The van der Waals surface area contributed by atoms with Gasteiger partial charge in [0.2, 0.25) is 5.91 Å². The van der Waals surface area contributed by atoms with E-state index in [1.165, 1.54) is 6.42 Å². The Labute approximate surface area is 208 Å². The smallest absolute Gasteiger partial charge is 0.325 e. The first-order valence-electron chi connectivity index (χ1n) is 13.5. The second-order valence-electron chi connectivity index (χ2n) is 12.2. The number of hydrogen-bond donors (Lipinski definition) is 1. The van der Waals surface area contributed by atoms with Crippen molar-refractivity contribution < 1.29 is 14.4 Å². The lowest BCUT2D eigenvalue weighted by molar-refractivity contribution is -0.140. The van der Waals surface area contributed by atoms with Crippen molar-refractivity contribution in [3.8, 4) is 0 Å². The highest BCUT2D eigenvalue weighted by atomic mass is 16.2. The number of imide groups is 1. The quantitative estimate of drug-likeness (QED) is 0.664. The Morgan fingerprint density at radius 1 is 1.03 bits per heavy atom. The van der Waals surface area contributed by atoms with Crippen LogP contribution in [-0.2, 0) is 22.6 Å². The predicted molar refractivity (Wildman–Crippen MR) is 131 cm³/mol. The van der Waals surface area contributed by atoms with Gasteiger partial charge in [0.25, 0.3) is 5.91 Å². The zero-order valence-electron chi connectivity index (χ0n) is 21.5. The Hall–Kier alpha value is -2.45. The van der Waals surface area contributed by atoms with Crippen LogP contribution in [0.15, 0.2) is 0 Å². The molecule has 4 amide bonds. The zero-order valence-corrected chi connectivity index (χ0v) is 21.5. The normalized spacial score (nSPS) is 29.8. The van der Waals surface area contributed by atoms with Crippen molar-refractivity contribution >= 4 is 17.8 Å². The van der Waals surface area contributed by atoms with Gasteiger partial charge in [0.1, 0.15) is 23.7 Å². The van der Waals surface area contributed by atoms with Gasteiger partial charge >= 0.3 is 6.03 Å². The summed E-state index contributed by atoms with van der Waals surface area (Å²) in [6, 6.07) is -0.422. The Morgan fingerprint density at radius 3 is 2.54 bits per heavy atom. The van der Waals surface area contributed by atoms with Crippen LogP contribution in [0, 0.1) is 11.3 Å². The molecule has 0 radical (unpaired) electrons. The van der Waals surface area contributed by atoms with Gasteiger partial charge in [-0.1, -0.05) is 27.2 Å². The highest BCUT2D eigenvalue weighted by molar-refractivity contribution is 6.09. The lowest BCUT2D eigenvalue weighted by Crippen LogP contribution is -2.51. The van der Waals surface area contributed by atoms with Crippen LogP contribution in [0.3, 0.4) is 0 Å². The van der Waals surface area contributed by atoms with Gasteiger partial charge in [-0.25, -0.2) is 4.79 Å². The van der Waals surface area contributed by atoms with Crippen molar-refractivity contribution in [2.24, 2.45) is 11.3 Å². The molecule has 0 aromatic carbocycles. The number of fused-ring (bicyclic) bond motifs is 1. The minimum absolute atomic E-state index is 0.147. The van der Waals surface area contributed by atoms with Crippen LogP contribution in [0.25, 0.3) is 0 Å². The summed E-state index contributed by atoms with van der Waals surface area (Å²) in [7, 11) is 0. The molecule has 3 fully saturated rings. The van der Waals surface area contributed by atoms with Crippen molar-refractivity contribution in [3.05, 3.63) is 11.6 Å². The molecule has 1 N–H and O–H groups in total. The first-order valence-corrected chi connectivity index (χ1v) is 13.5. The molecule has 4 aliphatic rings. The van der Waals surface area contributed by atoms with E-state index >= 15 is 0 Å². The van der Waals surface area contributed by atoms with E-state index in [0.717, 1.165) is 68.0 Å². The highest BCUT2D eigenvalue weighted by Crippen LogP contribution is 2.43. The summed E-state index contributed by atoms with van der Waals surface area (Å²) >= 11 is 0. The van der Waals surface area contributed by atoms with Gasteiger partial charge in [0, 0.05) is 32.0 Å². The molecule has 192 valence electrons. The maximum absolute atomic E-state index is 13.4. The fourth-order valence-electron chi connectivity index (χ4n) is 6.59. The maximum atomic E-state index is 13.4. The summed E-state index contributed by atoms with van der Waals surface area (Å²) < 4.78 is 2.26. The van der Waals surface area contributed by atoms with Gasteiger partial charge in [-0.05, 0) is 62.7 Å². The number of hydrogen-bond acceptors (Lipinski definition) is 5. The average molecular weight is 485 g/mol. The molecular formula is C26H40N6O3. The number of nitrogens with one attached hydrogen (secondary N) is 1. The minimum atomic E-state index is -0.831.